The molecule has 0 radical (unpaired) electrons. The molecule has 0 spiro atoms. The Bertz CT molecular complexity index is 1470. The molecule has 1 atom stereocenters. The van der Waals surface area contributed by atoms with Gasteiger partial charge >= 0.3 is 5.97 Å². The van der Waals surface area contributed by atoms with Gasteiger partial charge in [-0.1, -0.05) is 53.5 Å². The largest absolute Gasteiger partial charge is 0.496 e. The van der Waals surface area contributed by atoms with Crippen LogP contribution in [0.25, 0.3) is 11.4 Å². The molecule has 192 valence electrons. The number of para-hydroxylation sites is 1. The van der Waals surface area contributed by atoms with E-state index in [4.69, 9.17) is 27.9 Å². The second-order valence-corrected chi connectivity index (χ2v) is 9.95. The average molecular weight is 541 g/mol. The molecule has 37 heavy (non-hydrogen) atoms. The molecule has 1 unspecified atom stereocenters. The van der Waals surface area contributed by atoms with Crippen molar-refractivity contribution in [3.8, 4) is 17.1 Å². The van der Waals surface area contributed by atoms with Gasteiger partial charge in [0, 0.05) is 17.0 Å². The molecule has 4 aromatic rings. The topological polar surface area (TPSA) is 64.3 Å². The lowest BCUT2D eigenvalue weighted by Gasteiger charge is -2.25. The van der Waals surface area contributed by atoms with Gasteiger partial charge in [-0.05, 0) is 74.2 Å². The average Bonchev–Trinajstić information content (AvgIpc) is 3.26. The van der Waals surface area contributed by atoms with Gasteiger partial charge in [0.05, 0.1) is 23.4 Å². The first-order valence-corrected chi connectivity index (χ1v) is 12.6. The standard InChI is InChI=1S/C29H27Cl2FN2O3/c1-16(2)34-27(26(29(35)36)33-28(34)21-9-5-6-11-24(21)37-4)22(20-13-12-19(30)14-17(20)3)15-18-8-7-10-23(31)25(18)32/h5-14,16,22H,15H2,1-4H3,(H,35,36). The highest BCUT2D eigenvalue weighted by Gasteiger charge is 2.33. The summed E-state index contributed by atoms with van der Waals surface area (Å²) < 4.78 is 22.6. The third kappa shape index (κ3) is 5.22. The van der Waals surface area contributed by atoms with Crippen molar-refractivity contribution in [2.45, 2.75) is 39.2 Å². The highest BCUT2D eigenvalue weighted by molar-refractivity contribution is 6.31. The second-order valence-electron chi connectivity index (χ2n) is 9.11. The van der Waals surface area contributed by atoms with Crippen LogP contribution in [0.2, 0.25) is 10.0 Å². The van der Waals surface area contributed by atoms with Crippen LogP contribution >= 0.6 is 23.2 Å². The van der Waals surface area contributed by atoms with Crippen molar-refractivity contribution in [2.75, 3.05) is 7.11 Å². The number of aromatic carboxylic acids is 1. The molecule has 0 amide bonds. The van der Waals surface area contributed by atoms with Crippen molar-refractivity contribution in [2.24, 2.45) is 0 Å². The molecular formula is C29H27Cl2FN2O3. The lowest BCUT2D eigenvalue weighted by Crippen LogP contribution is -2.18. The zero-order chi connectivity index (χ0) is 26.9. The summed E-state index contributed by atoms with van der Waals surface area (Å²) in [5.74, 6) is -1.23. The number of benzene rings is 3. The zero-order valence-electron chi connectivity index (χ0n) is 20.9. The maximum Gasteiger partial charge on any atom is 0.356 e. The molecule has 8 heteroatoms. The lowest BCUT2D eigenvalue weighted by atomic mass is 9.85. The number of nitrogens with zero attached hydrogens (tertiary/aromatic N) is 2. The third-order valence-corrected chi connectivity index (χ3v) is 6.93. The smallest absolute Gasteiger partial charge is 0.356 e. The van der Waals surface area contributed by atoms with Crippen molar-refractivity contribution in [1.29, 1.82) is 0 Å². The Hall–Kier alpha value is -3.35. The summed E-state index contributed by atoms with van der Waals surface area (Å²) in [7, 11) is 1.56. The summed E-state index contributed by atoms with van der Waals surface area (Å²) in [6.45, 7) is 5.82. The molecule has 5 nitrogen and oxygen atoms in total. The van der Waals surface area contributed by atoms with Gasteiger partial charge in [0.25, 0.3) is 0 Å². The molecule has 0 saturated heterocycles. The van der Waals surface area contributed by atoms with Gasteiger partial charge in [-0.15, -0.1) is 0 Å². The van der Waals surface area contributed by atoms with Crippen LogP contribution in [0.15, 0.2) is 60.7 Å². The Morgan fingerprint density at radius 2 is 1.84 bits per heavy atom. The highest BCUT2D eigenvalue weighted by Crippen LogP contribution is 2.40. The molecule has 3 aromatic carbocycles. The SMILES string of the molecule is COc1ccccc1-c1nc(C(=O)O)c(C(Cc2cccc(Cl)c2F)c2ccc(Cl)cc2C)n1C(C)C. The molecule has 0 aliphatic carbocycles. The van der Waals surface area contributed by atoms with Crippen molar-refractivity contribution in [3.05, 3.63) is 105 Å². The number of carboxylic acid groups (broad SMARTS) is 1. The molecule has 0 fully saturated rings. The molecule has 0 saturated carbocycles. The Kier molecular flexibility index (Phi) is 7.90. The summed E-state index contributed by atoms with van der Waals surface area (Å²) in [4.78, 5) is 17.2. The second kappa shape index (κ2) is 11.0. The number of halogens is 3. The van der Waals surface area contributed by atoms with Gasteiger partial charge in [0.2, 0.25) is 0 Å². The molecule has 1 heterocycles. The van der Waals surface area contributed by atoms with Crippen molar-refractivity contribution >= 4 is 29.2 Å². The van der Waals surface area contributed by atoms with E-state index in [1.807, 2.05) is 55.7 Å². The zero-order valence-corrected chi connectivity index (χ0v) is 22.4. The van der Waals surface area contributed by atoms with Crippen LogP contribution < -0.4 is 4.74 Å². The fourth-order valence-corrected chi connectivity index (χ4v) is 5.21. The Morgan fingerprint density at radius 3 is 2.49 bits per heavy atom. The van der Waals surface area contributed by atoms with Crippen LogP contribution in [-0.2, 0) is 6.42 Å². The lowest BCUT2D eigenvalue weighted by molar-refractivity contribution is 0.0689. The fourth-order valence-electron chi connectivity index (χ4n) is 4.79. The number of carbonyl (C=O) groups is 1. The minimum absolute atomic E-state index is 0.00890. The molecule has 1 N–H and O–H groups in total. The normalized spacial score (nSPS) is 12.1. The van der Waals surface area contributed by atoms with Crippen LogP contribution in [0.5, 0.6) is 5.75 Å². The number of rotatable bonds is 8. The molecular weight excluding hydrogens is 514 g/mol. The Labute approximate surface area is 225 Å². The van der Waals surface area contributed by atoms with E-state index in [9.17, 15) is 9.90 Å². The number of aromatic nitrogens is 2. The monoisotopic (exact) mass is 540 g/mol. The molecule has 1 aromatic heterocycles. The van der Waals surface area contributed by atoms with Crippen LogP contribution in [0, 0.1) is 12.7 Å². The number of hydrogen-bond acceptors (Lipinski definition) is 3. The van der Waals surface area contributed by atoms with Crippen molar-refractivity contribution in [3.63, 3.8) is 0 Å². The van der Waals surface area contributed by atoms with Gasteiger partial charge in [-0.3, -0.25) is 0 Å². The van der Waals surface area contributed by atoms with E-state index in [1.54, 1.807) is 31.4 Å². The quantitative estimate of drug-likeness (QED) is 0.246. The number of carboxylic acids is 1. The minimum Gasteiger partial charge on any atom is -0.496 e. The van der Waals surface area contributed by atoms with Gasteiger partial charge < -0.3 is 14.4 Å². The van der Waals surface area contributed by atoms with Crippen LogP contribution in [0.1, 0.15) is 58.7 Å². The van der Waals surface area contributed by atoms with E-state index in [-0.39, 0.29) is 23.2 Å². The van der Waals surface area contributed by atoms with Crippen LogP contribution in [0.4, 0.5) is 4.39 Å². The van der Waals surface area contributed by atoms with Crippen LogP contribution in [0.3, 0.4) is 0 Å². The first kappa shape index (κ1) is 26.7. The fraction of sp³-hybridized carbons (Fsp3) is 0.241. The van der Waals surface area contributed by atoms with E-state index < -0.39 is 17.7 Å². The highest BCUT2D eigenvalue weighted by atomic mass is 35.5. The summed E-state index contributed by atoms with van der Waals surface area (Å²) in [5.41, 5.74) is 3.07. The minimum atomic E-state index is -1.17. The molecule has 0 aliphatic heterocycles. The van der Waals surface area contributed by atoms with Crippen LogP contribution in [-0.4, -0.2) is 27.7 Å². The molecule has 0 bridgehead atoms. The summed E-state index contributed by atoms with van der Waals surface area (Å²) in [6.07, 6.45) is 0.166. The van der Waals surface area contributed by atoms with E-state index in [0.29, 0.717) is 33.4 Å². The summed E-state index contributed by atoms with van der Waals surface area (Å²) in [5, 5.41) is 10.9. The predicted molar refractivity (Wildman–Crippen MR) is 145 cm³/mol. The summed E-state index contributed by atoms with van der Waals surface area (Å²) >= 11 is 12.4. The predicted octanol–water partition coefficient (Wildman–Crippen LogP) is 7.97. The molecule has 4 rings (SSSR count). The van der Waals surface area contributed by atoms with E-state index >= 15 is 4.39 Å². The number of hydrogen-bond donors (Lipinski definition) is 1. The third-order valence-electron chi connectivity index (χ3n) is 6.41. The van der Waals surface area contributed by atoms with E-state index in [2.05, 4.69) is 4.98 Å². The number of methoxy groups -OCH3 is 1. The number of ether oxygens (including phenoxy) is 1. The first-order valence-electron chi connectivity index (χ1n) is 11.8. The Balaban J connectivity index is 2.06. The van der Waals surface area contributed by atoms with Gasteiger partial charge in [0.1, 0.15) is 17.4 Å². The van der Waals surface area contributed by atoms with Gasteiger partial charge in [-0.2, -0.15) is 0 Å². The first-order chi connectivity index (χ1) is 17.6. The maximum absolute atomic E-state index is 15.1. The van der Waals surface area contributed by atoms with E-state index in [0.717, 1.165) is 11.1 Å². The Morgan fingerprint density at radius 1 is 1.11 bits per heavy atom. The number of aryl methyl sites for hydroxylation is 1. The maximum atomic E-state index is 15.1. The van der Waals surface area contributed by atoms with Crippen molar-refractivity contribution < 1.29 is 19.0 Å². The van der Waals surface area contributed by atoms with Gasteiger partial charge in [0.15, 0.2) is 5.69 Å². The van der Waals surface area contributed by atoms with Crippen molar-refractivity contribution in [1.82, 2.24) is 9.55 Å². The summed E-state index contributed by atoms with van der Waals surface area (Å²) in [6, 6.07) is 17.4. The molecule has 0 aliphatic rings. The number of imidazole rings is 1. The van der Waals surface area contributed by atoms with E-state index in [1.165, 1.54) is 6.07 Å². The van der Waals surface area contributed by atoms with Gasteiger partial charge in [-0.25, -0.2) is 14.2 Å².